The third-order valence-corrected chi connectivity index (χ3v) is 2.84. The Morgan fingerprint density at radius 3 is 3.15 bits per heavy atom. The number of terminal acetylenes is 1. The highest BCUT2D eigenvalue weighted by molar-refractivity contribution is 7.99. The second-order valence-corrected chi connectivity index (χ2v) is 4.04. The highest BCUT2D eigenvalue weighted by Gasteiger charge is 2.13. The van der Waals surface area contributed by atoms with E-state index in [1.807, 2.05) is 6.08 Å². The van der Waals surface area contributed by atoms with Crippen molar-refractivity contribution in [2.24, 2.45) is 0 Å². The minimum Gasteiger partial charge on any atom is -0.339 e. The maximum Gasteiger partial charge on any atom is 0.248 e. The Balaban J connectivity index is 2.48. The van der Waals surface area contributed by atoms with Gasteiger partial charge in [-0.25, -0.2) is 0 Å². The lowest BCUT2D eigenvalue weighted by Gasteiger charge is -2.13. The quantitative estimate of drug-likeness (QED) is 0.671. The van der Waals surface area contributed by atoms with Crippen molar-refractivity contribution in [3.63, 3.8) is 0 Å². The molecule has 0 bridgehead atoms. The van der Waals surface area contributed by atoms with Crippen LogP contribution in [-0.4, -0.2) is 23.5 Å². The Hall–Kier alpha value is -0.880. The molecule has 1 heterocycles. The predicted octanol–water partition coefficient (Wildman–Crippen LogP) is 1.19. The van der Waals surface area contributed by atoms with Crippen molar-refractivity contribution in [2.45, 2.75) is 19.4 Å². The smallest absolute Gasteiger partial charge is 0.248 e. The van der Waals surface area contributed by atoms with E-state index in [0.717, 1.165) is 23.5 Å². The summed E-state index contributed by atoms with van der Waals surface area (Å²) in [6.45, 7) is 1.80. The second-order valence-electron chi connectivity index (χ2n) is 2.93. The average molecular weight is 195 g/mol. The second kappa shape index (κ2) is 4.98. The molecular weight excluding hydrogens is 182 g/mol. The number of carbonyl (C=O) groups is 1. The molecule has 0 aromatic heterocycles. The Kier molecular flexibility index (Phi) is 3.91. The van der Waals surface area contributed by atoms with E-state index in [2.05, 4.69) is 11.2 Å². The molecular formula is C10H13NOS. The molecule has 13 heavy (non-hydrogen) atoms. The third-order valence-electron chi connectivity index (χ3n) is 1.80. The number of carbonyl (C=O) groups excluding carboxylic acids is 1. The van der Waals surface area contributed by atoms with Gasteiger partial charge in [-0.2, -0.15) is 11.8 Å². The molecule has 1 amide bonds. The van der Waals surface area contributed by atoms with Crippen molar-refractivity contribution < 1.29 is 4.79 Å². The van der Waals surface area contributed by atoms with Crippen LogP contribution in [0.3, 0.4) is 0 Å². The molecule has 70 valence electrons. The minimum absolute atomic E-state index is 0.0161. The van der Waals surface area contributed by atoms with Crippen molar-refractivity contribution in [3.8, 4) is 12.3 Å². The summed E-state index contributed by atoms with van der Waals surface area (Å²) >= 11 is 1.79. The maximum absolute atomic E-state index is 11.5. The lowest BCUT2D eigenvalue weighted by Crippen LogP contribution is -2.33. The average Bonchev–Trinajstić information content (AvgIpc) is 2.19. The molecule has 0 aromatic carbocycles. The summed E-state index contributed by atoms with van der Waals surface area (Å²) in [4.78, 5) is 11.5. The highest BCUT2D eigenvalue weighted by atomic mass is 32.2. The van der Waals surface area contributed by atoms with Gasteiger partial charge in [-0.1, -0.05) is 12.0 Å². The number of thioether (sulfide) groups is 1. The topological polar surface area (TPSA) is 29.1 Å². The first-order chi connectivity index (χ1) is 6.24. The van der Waals surface area contributed by atoms with Crippen molar-refractivity contribution in [1.29, 1.82) is 0 Å². The van der Waals surface area contributed by atoms with E-state index in [1.165, 1.54) is 0 Å². The summed E-state index contributed by atoms with van der Waals surface area (Å²) in [5.41, 5.74) is 0.860. The van der Waals surface area contributed by atoms with Gasteiger partial charge < -0.3 is 5.32 Å². The Bertz CT molecular complexity index is 265. The van der Waals surface area contributed by atoms with E-state index in [1.54, 1.807) is 18.7 Å². The molecule has 2 nitrogen and oxygen atoms in total. The summed E-state index contributed by atoms with van der Waals surface area (Å²) in [5.74, 6) is 4.37. The van der Waals surface area contributed by atoms with Crippen molar-refractivity contribution in [1.82, 2.24) is 5.32 Å². The van der Waals surface area contributed by atoms with E-state index in [4.69, 9.17) is 6.42 Å². The first-order valence-electron chi connectivity index (χ1n) is 4.28. The van der Waals surface area contributed by atoms with Gasteiger partial charge in [0.1, 0.15) is 0 Å². The van der Waals surface area contributed by atoms with Gasteiger partial charge in [-0.15, -0.1) is 6.42 Å². The number of rotatable bonds is 2. The normalized spacial score (nSPS) is 18.3. The van der Waals surface area contributed by atoms with E-state index in [-0.39, 0.29) is 11.9 Å². The van der Waals surface area contributed by atoms with Crippen LogP contribution >= 0.6 is 11.8 Å². The van der Waals surface area contributed by atoms with Gasteiger partial charge in [-0.3, -0.25) is 4.79 Å². The maximum atomic E-state index is 11.5. The van der Waals surface area contributed by atoms with Crippen molar-refractivity contribution in [3.05, 3.63) is 11.6 Å². The molecule has 0 saturated carbocycles. The molecule has 1 aliphatic heterocycles. The largest absolute Gasteiger partial charge is 0.339 e. The molecule has 0 fully saturated rings. The number of hydrogen-bond acceptors (Lipinski definition) is 2. The van der Waals surface area contributed by atoms with Gasteiger partial charge in [0.15, 0.2) is 0 Å². The van der Waals surface area contributed by atoms with Crippen LogP contribution in [0.25, 0.3) is 0 Å². The Morgan fingerprint density at radius 2 is 2.62 bits per heavy atom. The molecule has 1 rings (SSSR count). The zero-order valence-corrected chi connectivity index (χ0v) is 8.49. The summed E-state index contributed by atoms with van der Waals surface area (Å²) < 4.78 is 0. The van der Waals surface area contributed by atoms with Crippen LogP contribution in [0.4, 0.5) is 0 Å². The number of allylic oxidation sites excluding steroid dienone is 1. The number of amides is 1. The number of hydrogen-bond donors (Lipinski definition) is 1. The number of nitrogens with one attached hydrogen (secondary N) is 1. The standard InChI is InChI=1S/C10H13NOS/c1-3-8(2)11-10(12)9-5-4-6-13-7-9/h1,5,8H,4,6-7H2,2H3,(H,11,12). The summed E-state index contributed by atoms with van der Waals surface area (Å²) in [7, 11) is 0. The van der Waals surface area contributed by atoms with E-state index >= 15 is 0 Å². The molecule has 1 unspecified atom stereocenters. The van der Waals surface area contributed by atoms with Crippen LogP contribution in [0.15, 0.2) is 11.6 Å². The van der Waals surface area contributed by atoms with E-state index in [0.29, 0.717) is 0 Å². The first-order valence-corrected chi connectivity index (χ1v) is 5.43. The van der Waals surface area contributed by atoms with E-state index in [9.17, 15) is 4.79 Å². The highest BCUT2D eigenvalue weighted by Crippen LogP contribution is 2.16. The zero-order valence-electron chi connectivity index (χ0n) is 7.67. The Labute approximate surface area is 83.2 Å². The van der Waals surface area contributed by atoms with Crippen molar-refractivity contribution in [2.75, 3.05) is 11.5 Å². The predicted molar refractivity (Wildman–Crippen MR) is 56.5 cm³/mol. The lowest BCUT2D eigenvalue weighted by molar-refractivity contribution is -0.117. The lowest BCUT2D eigenvalue weighted by atomic mass is 10.2. The molecule has 1 aliphatic rings. The van der Waals surface area contributed by atoms with Crippen LogP contribution < -0.4 is 5.32 Å². The molecule has 1 N–H and O–H groups in total. The molecule has 1 atom stereocenters. The molecule has 3 heteroatoms. The fourth-order valence-electron chi connectivity index (χ4n) is 1.05. The van der Waals surface area contributed by atoms with Crippen molar-refractivity contribution >= 4 is 17.7 Å². The fourth-order valence-corrected chi connectivity index (χ4v) is 1.94. The molecule has 0 aromatic rings. The van der Waals surface area contributed by atoms with Crippen LogP contribution in [0.1, 0.15) is 13.3 Å². The molecule has 0 radical (unpaired) electrons. The van der Waals surface area contributed by atoms with Crippen LogP contribution in [0.5, 0.6) is 0 Å². The van der Waals surface area contributed by atoms with Crippen LogP contribution in [-0.2, 0) is 4.79 Å². The Morgan fingerprint density at radius 1 is 1.85 bits per heavy atom. The van der Waals surface area contributed by atoms with Gasteiger partial charge in [0.25, 0.3) is 0 Å². The van der Waals surface area contributed by atoms with Crippen LogP contribution in [0.2, 0.25) is 0 Å². The summed E-state index contributed by atoms with van der Waals surface area (Å²) in [5, 5.41) is 2.74. The zero-order chi connectivity index (χ0) is 9.68. The fraction of sp³-hybridized carbons (Fsp3) is 0.500. The van der Waals surface area contributed by atoms with Gasteiger partial charge >= 0.3 is 0 Å². The molecule has 0 saturated heterocycles. The molecule has 0 spiro atoms. The minimum atomic E-state index is -0.180. The summed E-state index contributed by atoms with van der Waals surface area (Å²) in [6.07, 6.45) is 8.14. The monoisotopic (exact) mass is 195 g/mol. The SMILES string of the molecule is C#CC(C)NC(=O)C1=CCCSC1. The van der Waals surface area contributed by atoms with Gasteiger partial charge in [0, 0.05) is 11.3 Å². The molecule has 0 aliphatic carbocycles. The summed E-state index contributed by atoms with van der Waals surface area (Å²) in [6, 6.07) is -0.180. The van der Waals surface area contributed by atoms with E-state index < -0.39 is 0 Å². The first kappa shape index (κ1) is 10.2. The van der Waals surface area contributed by atoms with Gasteiger partial charge in [0.05, 0.1) is 6.04 Å². The van der Waals surface area contributed by atoms with Gasteiger partial charge in [-0.05, 0) is 19.1 Å². The van der Waals surface area contributed by atoms with Crippen LogP contribution in [0, 0.1) is 12.3 Å². The van der Waals surface area contributed by atoms with Gasteiger partial charge in [0.2, 0.25) is 5.91 Å². The third kappa shape index (κ3) is 3.16.